The molecule has 9 nitrogen and oxygen atoms in total. The van der Waals surface area contributed by atoms with E-state index >= 15 is 0 Å². The Bertz CT molecular complexity index is 1290. The Kier molecular flexibility index (Phi) is 5.99. The summed E-state index contributed by atoms with van der Waals surface area (Å²) < 4.78 is 16.2. The van der Waals surface area contributed by atoms with Crippen molar-refractivity contribution in [3.05, 3.63) is 59.3 Å². The molecule has 0 atom stereocenters. The fourth-order valence-electron chi connectivity index (χ4n) is 4.26. The summed E-state index contributed by atoms with van der Waals surface area (Å²) in [5.74, 6) is -0.238. The number of ether oxygens (including phenoxy) is 3. The van der Waals surface area contributed by atoms with E-state index in [0.717, 1.165) is 42.5 Å². The maximum absolute atomic E-state index is 13.0. The number of nitrogens with zero attached hydrogens (tertiary/aromatic N) is 1. The van der Waals surface area contributed by atoms with Crippen LogP contribution in [-0.4, -0.2) is 42.7 Å². The van der Waals surface area contributed by atoms with E-state index in [9.17, 15) is 14.4 Å². The number of benzene rings is 2. The van der Waals surface area contributed by atoms with Crippen LogP contribution in [0, 0.1) is 0 Å². The number of urea groups is 1. The molecule has 0 bridgehead atoms. The van der Waals surface area contributed by atoms with Crippen molar-refractivity contribution in [1.29, 1.82) is 0 Å². The van der Waals surface area contributed by atoms with Crippen molar-refractivity contribution >= 4 is 34.5 Å². The van der Waals surface area contributed by atoms with Gasteiger partial charge in [0.1, 0.15) is 13.2 Å². The number of anilines is 1. The van der Waals surface area contributed by atoms with Gasteiger partial charge in [-0.05, 0) is 49.4 Å². The van der Waals surface area contributed by atoms with Gasteiger partial charge in [0.05, 0.1) is 11.1 Å². The van der Waals surface area contributed by atoms with E-state index < -0.39 is 24.5 Å². The van der Waals surface area contributed by atoms with Crippen LogP contribution >= 0.6 is 0 Å². The normalized spacial score (nSPS) is 14.1. The number of aromatic nitrogens is 1. The van der Waals surface area contributed by atoms with Crippen LogP contribution in [-0.2, 0) is 22.4 Å². The number of aryl methyl sites for hydroxylation is 1. The molecule has 3 amide bonds. The van der Waals surface area contributed by atoms with Crippen LogP contribution in [0.1, 0.15) is 34.5 Å². The molecule has 0 saturated heterocycles. The van der Waals surface area contributed by atoms with Gasteiger partial charge in [-0.1, -0.05) is 18.2 Å². The molecule has 0 radical (unpaired) electrons. The van der Waals surface area contributed by atoms with E-state index in [4.69, 9.17) is 19.2 Å². The summed E-state index contributed by atoms with van der Waals surface area (Å²) in [4.78, 5) is 42.2. The Morgan fingerprint density at radius 2 is 1.76 bits per heavy atom. The lowest BCUT2D eigenvalue weighted by atomic mass is 9.90. The third-order valence-electron chi connectivity index (χ3n) is 5.76. The number of nitrogens with one attached hydrogen (secondary N) is 2. The third kappa shape index (κ3) is 4.50. The molecule has 0 fully saturated rings. The van der Waals surface area contributed by atoms with Crippen molar-refractivity contribution in [2.45, 2.75) is 25.7 Å². The summed E-state index contributed by atoms with van der Waals surface area (Å²) in [5.41, 5.74) is 3.39. The number of para-hydroxylation sites is 1. The van der Waals surface area contributed by atoms with Crippen LogP contribution < -0.4 is 20.1 Å². The van der Waals surface area contributed by atoms with Gasteiger partial charge < -0.3 is 19.5 Å². The van der Waals surface area contributed by atoms with Gasteiger partial charge >= 0.3 is 12.0 Å². The van der Waals surface area contributed by atoms with Gasteiger partial charge in [0, 0.05) is 22.8 Å². The first kappa shape index (κ1) is 21.7. The molecular weight excluding hydrogens is 438 g/mol. The molecule has 1 aliphatic heterocycles. The van der Waals surface area contributed by atoms with Gasteiger partial charge in [-0.2, -0.15) is 0 Å². The monoisotopic (exact) mass is 461 g/mol. The summed E-state index contributed by atoms with van der Waals surface area (Å²) >= 11 is 0. The molecule has 174 valence electrons. The largest absolute Gasteiger partial charge is 0.486 e. The second-order valence-corrected chi connectivity index (χ2v) is 8.07. The van der Waals surface area contributed by atoms with Crippen LogP contribution in [0.5, 0.6) is 11.5 Å². The Labute approximate surface area is 195 Å². The van der Waals surface area contributed by atoms with E-state index in [0.29, 0.717) is 41.3 Å². The lowest BCUT2D eigenvalue weighted by molar-refractivity contribution is -0.123. The Hall–Kier alpha value is -4.14. The number of hydrogen-bond acceptors (Lipinski definition) is 7. The summed E-state index contributed by atoms with van der Waals surface area (Å²) in [6.45, 7) is 0.298. The zero-order chi connectivity index (χ0) is 23.5. The molecule has 2 heterocycles. The summed E-state index contributed by atoms with van der Waals surface area (Å²) in [7, 11) is 0. The van der Waals surface area contributed by atoms with Crippen LogP contribution in [0.25, 0.3) is 10.9 Å². The fraction of sp³-hybridized carbons (Fsp3) is 0.280. The third-order valence-corrected chi connectivity index (χ3v) is 5.76. The number of pyridine rings is 1. The predicted molar refractivity (Wildman–Crippen MR) is 123 cm³/mol. The summed E-state index contributed by atoms with van der Waals surface area (Å²) in [5, 5.41) is 5.42. The second-order valence-electron chi connectivity index (χ2n) is 8.07. The highest BCUT2D eigenvalue weighted by molar-refractivity contribution is 6.06. The first-order valence-electron chi connectivity index (χ1n) is 11.2. The van der Waals surface area contributed by atoms with Gasteiger partial charge in [-0.25, -0.2) is 9.59 Å². The van der Waals surface area contributed by atoms with E-state index in [1.165, 1.54) is 0 Å². The first-order chi connectivity index (χ1) is 16.6. The van der Waals surface area contributed by atoms with Crippen LogP contribution in [0.3, 0.4) is 0 Å². The zero-order valence-corrected chi connectivity index (χ0v) is 18.4. The van der Waals surface area contributed by atoms with E-state index in [1.54, 1.807) is 18.2 Å². The lowest BCUT2D eigenvalue weighted by Crippen LogP contribution is -2.37. The number of imide groups is 1. The minimum absolute atomic E-state index is 0.419. The van der Waals surface area contributed by atoms with Crippen molar-refractivity contribution in [3.63, 3.8) is 0 Å². The van der Waals surface area contributed by atoms with Crippen molar-refractivity contribution in [2.24, 2.45) is 0 Å². The maximum Gasteiger partial charge on any atom is 0.339 e. The minimum atomic E-state index is -0.746. The molecule has 0 spiro atoms. The van der Waals surface area contributed by atoms with Crippen molar-refractivity contribution < 1.29 is 28.6 Å². The van der Waals surface area contributed by atoms with Gasteiger partial charge in [-0.3, -0.25) is 15.1 Å². The number of hydrogen-bond donors (Lipinski definition) is 2. The quantitative estimate of drug-likeness (QED) is 0.572. The number of esters is 1. The van der Waals surface area contributed by atoms with Crippen molar-refractivity contribution in [1.82, 2.24) is 10.3 Å². The molecule has 0 unspecified atom stereocenters. The van der Waals surface area contributed by atoms with Gasteiger partial charge in [0.2, 0.25) is 0 Å². The highest BCUT2D eigenvalue weighted by Gasteiger charge is 2.24. The smallest absolute Gasteiger partial charge is 0.339 e. The van der Waals surface area contributed by atoms with E-state index in [-0.39, 0.29) is 0 Å². The molecule has 1 aromatic heterocycles. The molecular formula is C25H23N3O6. The molecule has 9 heteroatoms. The average Bonchev–Trinajstić information content (AvgIpc) is 2.85. The highest BCUT2D eigenvalue weighted by atomic mass is 16.6. The number of rotatable bonds is 4. The Morgan fingerprint density at radius 1 is 0.971 bits per heavy atom. The number of carbonyl (C=O) groups excluding carboxylic acids is 3. The van der Waals surface area contributed by atoms with E-state index in [2.05, 4.69) is 10.6 Å². The van der Waals surface area contributed by atoms with E-state index in [1.807, 2.05) is 24.3 Å². The number of fused-ring (bicyclic) bond motifs is 3. The number of carbonyl (C=O) groups is 3. The molecule has 1 aliphatic carbocycles. The molecule has 0 saturated carbocycles. The van der Waals surface area contributed by atoms with Crippen LogP contribution in [0.4, 0.5) is 10.5 Å². The molecule has 2 aliphatic rings. The van der Waals surface area contributed by atoms with Crippen LogP contribution in [0.15, 0.2) is 42.5 Å². The lowest BCUT2D eigenvalue weighted by Gasteiger charge is -2.20. The van der Waals surface area contributed by atoms with Gasteiger partial charge in [-0.15, -0.1) is 0 Å². The minimum Gasteiger partial charge on any atom is -0.486 e. The molecule has 2 aromatic carbocycles. The first-order valence-corrected chi connectivity index (χ1v) is 11.2. The van der Waals surface area contributed by atoms with Gasteiger partial charge in [0.15, 0.2) is 18.1 Å². The van der Waals surface area contributed by atoms with Crippen molar-refractivity contribution in [2.75, 3.05) is 25.1 Å². The van der Waals surface area contributed by atoms with Crippen LogP contribution in [0.2, 0.25) is 0 Å². The fourth-order valence-corrected chi connectivity index (χ4v) is 4.26. The zero-order valence-electron chi connectivity index (χ0n) is 18.4. The molecule has 2 N–H and O–H groups in total. The highest BCUT2D eigenvalue weighted by Crippen LogP contribution is 2.32. The maximum atomic E-state index is 13.0. The predicted octanol–water partition coefficient (Wildman–Crippen LogP) is 3.39. The standard InChI is InChI=1S/C25H23N3O6/c29-22(28-25(31)26-15-9-10-20-21(13-15)33-12-11-32-20)14-34-24(30)23-16-5-1-3-7-18(16)27-19-8-4-2-6-17(19)23/h1,3,5,7,9-10,13H,2,4,6,8,11-12,14H2,(H2,26,28,29,31). The molecule has 34 heavy (non-hydrogen) atoms. The molecule has 3 aromatic rings. The number of amides is 3. The van der Waals surface area contributed by atoms with Gasteiger partial charge in [0.25, 0.3) is 5.91 Å². The summed E-state index contributed by atoms with van der Waals surface area (Å²) in [6, 6.07) is 11.6. The average molecular weight is 461 g/mol. The molecule has 5 rings (SSSR count). The summed E-state index contributed by atoms with van der Waals surface area (Å²) in [6.07, 6.45) is 3.53. The second kappa shape index (κ2) is 9.38. The Balaban J connectivity index is 1.22. The topological polar surface area (TPSA) is 116 Å². The van der Waals surface area contributed by atoms with Crippen molar-refractivity contribution in [3.8, 4) is 11.5 Å². The Morgan fingerprint density at radius 3 is 2.65 bits per heavy atom. The SMILES string of the molecule is O=C(COC(=O)c1c2c(nc3ccccc13)CCCC2)NC(=O)Nc1ccc2c(c1)OCCO2.